The number of hydrogen-bond acceptors (Lipinski definition) is 4. The van der Waals surface area contributed by atoms with E-state index in [4.69, 9.17) is 5.73 Å². The lowest BCUT2D eigenvalue weighted by molar-refractivity contribution is -0.130. The van der Waals surface area contributed by atoms with E-state index in [1.54, 1.807) is 4.90 Å². The van der Waals surface area contributed by atoms with Gasteiger partial charge in [0.1, 0.15) is 0 Å². The van der Waals surface area contributed by atoms with Crippen molar-refractivity contribution in [1.29, 1.82) is 0 Å². The van der Waals surface area contributed by atoms with E-state index in [-0.39, 0.29) is 24.4 Å². The molecule has 1 aliphatic heterocycles. The Morgan fingerprint density at radius 2 is 2.10 bits per heavy atom. The molecule has 0 aliphatic carbocycles. The van der Waals surface area contributed by atoms with Crippen molar-refractivity contribution < 1.29 is 13.2 Å². The van der Waals surface area contributed by atoms with Crippen LogP contribution in [0.1, 0.15) is 24.4 Å². The maximum atomic E-state index is 12.2. The number of likely N-dealkylation sites (tertiary alicyclic amines) is 1. The molecule has 1 aromatic carbocycles. The summed E-state index contributed by atoms with van der Waals surface area (Å²) in [5, 5.41) is 0. The van der Waals surface area contributed by atoms with Crippen molar-refractivity contribution >= 4 is 15.9 Å². The fourth-order valence-corrected chi connectivity index (χ4v) is 3.32. The molecule has 0 bridgehead atoms. The molecule has 2 rings (SSSR count). The number of sulfonamides is 1. The molecule has 0 spiro atoms. The molecule has 3 N–H and O–H groups in total. The second kappa shape index (κ2) is 6.55. The number of nitrogens with two attached hydrogens (primary N) is 1. The Bertz CT molecular complexity index is 589. The maximum Gasteiger partial charge on any atom is 0.224 e. The van der Waals surface area contributed by atoms with Crippen LogP contribution in [0.15, 0.2) is 30.3 Å². The molecule has 116 valence electrons. The lowest BCUT2D eigenvalue weighted by atomic mass is 10.0. The maximum absolute atomic E-state index is 12.2. The molecular weight excluding hydrogens is 290 g/mol. The van der Waals surface area contributed by atoms with E-state index >= 15 is 0 Å². The Morgan fingerprint density at radius 3 is 2.71 bits per heavy atom. The lowest BCUT2D eigenvalue weighted by Gasteiger charge is -2.19. The van der Waals surface area contributed by atoms with Gasteiger partial charge in [-0.1, -0.05) is 30.3 Å². The second-order valence-corrected chi connectivity index (χ2v) is 7.22. The first-order valence-electron chi connectivity index (χ1n) is 6.91. The molecule has 21 heavy (non-hydrogen) atoms. The van der Waals surface area contributed by atoms with Gasteiger partial charge in [0.15, 0.2) is 0 Å². The topological polar surface area (TPSA) is 92.5 Å². The third-order valence-corrected chi connectivity index (χ3v) is 4.31. The van der Waals surface area contributed by atoms with Crippen LogP contribution in [0.25, 0.3) is 0 Å². The summed E-state index contributed by atoms with van der Waals surface area (Å²) in [7, 11) is -3.24. The van der Waals surface area contributed by atoms with Crippen LogP contribution in [0, 0.1) is 0 Å². The summed E-state index contributed by atoms with van der Waals surface area (Å²) < 4.78 is 24.9. The molecule has 1 amide bonds. The fraction of sp³-hybridized carbons (Fsp3) is 0.500. The molecule has 1 aromatic rings. The van der Waals surface area contributed by atoms with Gasteiger partial charge >= 0.3 is 0 Å². The highest BCUT2D eigenvalue weighted by molar-refractivity contribution is 7.88. The summed E-state index contributed by atoms with van der Waals surface area (Å²) in [6.45, 7) is 0.973. The van der Waals surface area contributed by atoms with E-state index in [2.05, 4.69) is 4.72 Å². The van der Waals surface area contributed by atoms with Gasteiger partial charge in [-0.05, 0) is 12.0 Å². The lowest BCUT2D eigenvalue weighted by Crippen LogP contribution is -2.38. The molecule has 1 saturated heterocycles. The third-order valence-electron chi connectivity index (χ3n) is 3.54. The van der Waals surface area contributed by atoms with Gasteiger partial charge < -0.3 is 10.6 Å². The molecule has 1 fully saturated rings. The zero-order valence-corrected chi connectivity index (χ0v) is 12.8. The minimum absolute atomic E-state index is 0.0378. The summed E-state index contributed by atoms with van der Waals surface area (Å²) in [4.78, 5) is 13.9. The van der Waals surface area contributed by atoms with Gasteiger partial charge in [0, 0.05) is 31.6 Å². The standard InChI is InChI=1S/C14H21N3O3S/c1-21(19,20)16-12-7-8-17(10-12)14(18)9-13(15)11-5-3-2-4-6-11/h2-6,12-13,16H,7-10,15H2,1H3. The van der Waals surface area contributed by atoms with Crippen molar-refractivity contribution in [3.8, 4) is 0 Å². The highest BCUT2D eigenvalue weighted by atomic mass is 32.2. The summed E-state index contributed by atoms with van der Waals surface area (Å²) in [6.07, 6.45) is 2.00. The van der Waals surface area contributed by atoms with E-state index in [9.17, 15) is 13.2 Å². The molecular formula is C14H21N3O3S. The van der Waals surface area contributed by atoms with Gasteiger partial charge in [-0.15, -0.1) is 0 Å². The van der Waals surface area contributed by atoms with Gasteiger partial charge in [0.25, 0.3) is 0 Å². The predicted octanol–water partition coefficient (Wildman–Crippen LogP) is 0.227. The monoisotopic (exact) mass is 311 g/mol. The third kappa shape index (κ3) is 4.80. The summed E-state index contributed by atoms with van der Waals surface area (Å²) in [6, 6.07) is 8.95. The number of benzene rings is 1. The minimum Gasteiger partial charge on any atom is -0.341 e. The number of nitrogens with zero attached hydrogens (tertiary/aromatic N) is 1. The summed E-state index contributed by atoms with van der Waals surface area (Å²) in [5.74, 6) is -0.0378. The molecule has 7 heteroatoms. The molecule has 6 nitrogen and oxygen atoms in total. The number of nitrogens with one attached hydrogen (secondary N) is 1. The van der Waals surface area contributed by atoms with Crippen LogP contribution in [0.4, 0.5) is 0 Å². The molecule has 0 aromatic heterocycles. The van der Waals surface area contributed by atoms with Crippen LogP contribution in [-0.2, 0) is 14.8 Å². The Morgan fingerprint density at radius 1 is 1.43 bits per heavy atom. The number of carbonyl (C=O) groups is 1. The van der Waals surface area contributed by atoms with Gasteiger partial charge in [-0.2, -0.15) is 0 Å². The molecule has 2 unspecified atom stereocenters. The Balaban J connectivity index is 1.87. The highest BCUT2D eigenvalue weighted by Gasteiger charge is 2.28. The first-order valence-corrected chi connectivity index (χ1v) is 8.80. The number of carbonyl (C=O) groups excluding carboxylic acids is 1. The van der Waals surface area contributed by atoms with Crippen molar-refractivity contribution in [2.75, 3.05) is 19.3 Å². The van der Waals surface area contributed by atoms with Crippen molar-refractivity contribution in [3.63, 3.8) is 0 Å². The predicted molar refractivity (Wildman–Crippen MR) is 81.0 cm³/mol. The van der Waals surface area contributed by atoms with E-state index in [1.165, 1.54) is 0 Å². The molecule has 0 radical (unpaired) electrons. The van der Waals surface area contributed by atoms with E-state index < -0.39 is 10.0 Å². The number of rotatable bonds is 5. The van der Waals surface area contributed by atoms with Crippen LogP contribution in [0.3, 0.4) is 0 Å². The van der Waals surface area contributed by atoms with Crippen molar-refractivity contribution in [2.24, 2.45) is 5.73 Å². The molecule has 1 heterocycles. The minimum atomic E-state index is -3.24. The van der Waals surface area contributed by atoms with Gasteiger partial charge in [0.2, 0.25) is 15.9 Å². The zero-order valence-electron chi connectivity index (χ0n) is 12.0. The Hall–Kier alpha value is -1.44. The van der Waals surface area contributed by atoms with Gasteiger partial charge in [-0.3, -0.25) is 4.79 Å². The van der Waals surface area contributed by atoms with E-state index in [0.717, 1.165) is 11.8 Å². The number of hydrogen-bond donors (Lipinski definition) is 2. The van der Waals surface area contributed by atoms with Gasteiger partial charge in [-0.25, -0.2) is 13.1 Å². The largest absolute Gasteiger partial charge is 0.341 e. The zero-order chi connectivity index (χ0) is 15.5. The Labute approximate surface area is 125 Å². The van der Waals surface area contributed by atoms with Crippen molar-refractivity contribution in [2.45, 2.75) is 24.9 Å². The first kappa shape index (κ1) is 15.9. The van der Waals surface area contributed by atoms with Crippen LogP contribution in [0.2, 0.25) is 0 Å². The molecule has 1 aliphatic rings. The molecule has 0 saturated carbocycles. The van der Waals surface area contributed by atoms with E-state index in [0.29, 0.717) is 19.5 Å². The fourth-order valence-electron chi connectivity index (χ4n) is 2.52. The van der Waals surface area contributed by atoms with Crippen molar-refractivity contribution in [3.05, 3.63) is 35.9 Å². The average molecular weight is 311 g/mol. The normalized spacial score (nSPS) is 20.5. The second-order valence-electron chi connectivity index (χ2n) is 5.44. The number of amides is 1. The SMILES string of the molecule is CS(=O)(=O)NC1CCN(C(=O)CC(N)c2ccccc2)C1. The van der Waals surface area contributed by atoms with Crippen molar-refractivity contribution in [1.82, 2.24) is 9.62 Å². The van der Waals surface area contributed by atoms with Crippen LogP contribution in [0.5, 0.6) is 0 Å². The van der Waals surface area contributed by atoms with Gasteiger partial charge in [0.05, 0.1) is 6.26 Å². The summed E-state index contributed by atoms with van der Waals surface area (Å²) in [5.41, 5.74) is 6.97. The first-order chi connectivity index (χ1) is 9.85. The van der Waals surface area contributed by atoms with E-state index in [1.807, 2.05) is 30.3 Å². The quantitative estimate of drug-likeness (QED) is 0.814. The Kier molecular flexibility index (Phi) is 4.97. The van der Waals surface area contributed by atoms with Crippen LogP contribution in [-0.4, -0.2) is 44.6 Å². The smallest absolute Gasteiger partial charge is 0.224 e. The van der Waals surface area contributed by atoms with Crippen LogP contribution >= 0.6 is 0 Å². The molecule has 2 atom stereocenters. The average Bonchev–Trinajstić information content (AvgIpc) is 2.86. The summed E-state index contributed by atoms with van der Waals surface area (Å²) >= 11 is 0. The highest BCUT2D eigenvalue weighted by Crippen LogP contribution is 2.17. The van der Waals surface area contributed by atoms with Crippen LogP contribution < -0.4 is 10.5 Å².